The lowest BCUT2D eigenvalue weighted by atomic mass is 10.3. The van der Waals surface area contributed by atoms with Crippen molar-refractivity contribution >= 4 is 23.2 Å². The van der Waals surface area contributed by atoms with E-state index in [4.69, 9.17) is 4.74 Å². The van der Waals surface area contributed by atoms with E-state index in [-0.39, 0.29) is 0 Å². The summed E-state index contributed by atoms with van der Waals surface area (Å²) in [5, 5.41) is 4.11. The fourth-order valence-electron chi connectivity index (χ4n) is 1.29. The number of ether oxygens (including phenoxy) is 1. The van der Waals surface area contributed by atoms with Crippen LogP contribution in [0.15, 0.2) is 46.1 Å². The number of benzene rings is 1. The van der Waals surface area contributed by atoms with Gasteiger partial charge in [0.05, 0.1) is 12.3 Å². The average Bonchev–Trinajstić information content (AvgIpc) is 2.82. The summed E-state index contributed by atoms with van der Waals surface area (Å²) in [6, 6.07) is 9.82. The second-order valence-corrected chi connectivity index (χ2v) is 4.02. The van der Waals surface area contributed by atoms with Crippen molar-refractivity contribution in [2.45, 2.75) is 6.92 Å². The quantitative estimate of drug-likeness (QED) is 0.731. The molecule has 0 aliphatic heterocycles. The lowest BCUT2D eigenvalue weighted by Crippen LogP contribution is -1.89. The van der Waals surface area contributed by atoms with E-state index in [9.17, 15) is 0 Å². The molecule has 0 unspecified atom stereocenters. The molecule has 2 aromatic rings. The molecular weight excluding hydrogens is 218 g/mol. The predicted octanol–water partition coefficient (Wildman–Crippen LogP) is 3.90. The summed E-state index contributed by atoms with van der Waals surface area (Å²) in [6.07, 6.45) is 1.87. The summed E-state index contributed by atoms with van der Waals surface area (Å²) in [5.41, 5.74) is 2.08. The molecule has 1 heterocycles. The van der Waals surface area contributed by atoms with Crippen LogP contribution >= 0.6 is 11.3 Å². The SMILES string of the molecule is CCOc1ccc(N=Cc2ccsc2)cc1. The van der Waals surface area contributed by atoms with Gasteiger partial charge in [0.2, 0.25) is 0 Å². The number of hydrogen-bond donors (Lipinski definition) is 0. The minimum atomic E-state index is 0.692. The van der Waals surface area contributed by atoms with Crippen LogP contribution in [-0.2, 0) is 0 Å². The van der Waals surface area contributed by atoms with Crippen molar-refractivity contribution in [3.05, 3.63) is 46.7 Å². The first-order chi connectivity index (χ1) is 7.88. The second kappa shape index (κ2) is 5.47. The molecule has 0 amide bonds. The van der Waals surface area contributed by atoms with Gasteiger partial charge in [-0.25, -0.2) is 0 Å². The minimum absolute atomic E-state index is 0.692. The van der Waals surface area contributed by atoms with Crippen LogP contribution in [0.1, 0.15) is 12.5 Å². The van der Waals surface area contributed by atoms with Gasteiger partial charge in [-0.1, -0.05) is 0 Å². The maximum absolute atomic E-state index is 5.36. The van der Waals surface area contributed by atoms with Crippen molar-refractivity contribution in [1.29, 1.82) is 0 Å². The van der Waals surface area contributed by atoms with Crippen LogP contribution in [0.3, 0.4) is 0 Å². The number of rotatable bonds is 4. The van der Waals surface area contributed by atoms with Gasteiger partial charge in [-0.15, -0.1) is 0 Å². The van der Waals surface area contributed by atoms with Gasteiger partial charge in [0.25, 0.3) is 0 Å². The zero-order valence-electron chi connectivity index (χ0n) is 9.09. The first kappa shape index (κ1) is 10.9. The summed E-state index contributed by atoms with van der Waals surface area (Å²) >= 11 is 1.67. The number of nitrogens with zero attached hydrogens (tertiary/aromatic N) is 1. The van der Waals surface area contributed by atoms with Gasteiger partial charge >= 0.3 is 0 Å². The van der Waals surface area contributed by atoms with Gasteiger partial charge in [-0.05, 0) is 48.0 Å². The fourth-order valence-corrected chi connectivity index (χ4v) is 1.90. The third kappa shape index (κ3) is 2.94. The van der Waals surface area contributed by atoms with Crippen LogP contribution in [0.25, 0.3) is 0 Å². The van der Waals surface area contributed by atoms with E-state index in [1.165, 1.54) is 0 Å². The van der Waals surface area contributed by atoms with Gasteiger partial charge < -0.3 is 4.74 Å². The first-order valence-corrected chi connectivity index (χ1v) is 6.12. The molecule has 0 spiro atoms. The van der Waals surface area contributed by atoms with E-state index in [1.54, 1.807) is 11.3 Å². The van der Waals surface area contributed by atoms with Crippen LogP contribution < -0.4 is 4.74 Å². The Labute approximate surface area is 99.2 Å². The molecule has 2 nitrogen and oxygen atoms in total. The molecule has 2 rings (SSSR count). The highest BCUT2D eigenvalue weighted by atomic mass is 32.1. The van der Waals surface area contributed by atoms with Gasteiger partial charge in [0.15, 0.2) is 0 Å². The lowest BCUT2D eigenvalue weighted by Gasteiger charge is -2.01. The van der Waals surface area contributed by atoms with Crippen LogP contribution in [0.2, 0.25) is 0 Å². The molecular formula is C13H13NOS. The van der Waals surface area contributed by atoms with E-state index < -0.39 is 0 Å². The fraction of sp³-hybridized carbons (Fsp3) is 0.154. The zero-order chi connectivity index (χ0) is 11.2. The molecule has 0 N–H and O–H groups in total. The Morgan fingerprint density at radius 2 is 2.06 bits per heavy atom. The highest BCUT2D eigenvalue weighted by Crippen LogP contribution is 2.18. The number of thiophene rings is 1. The van der Waals surface area contributed by atoms with E-state index >= 15 is 0 Å². The van der Waals surface area contributed by atoms with Crippen molar-refractivity contribution in [3.63, 3.8) is 0 Å². The molecule has 0 aliphatic rings. The Morgan fingerprint density at radius 3 is 2.69 bits per heavy atom. The molecule has 1 aromatic carbocycles. The van der Waals surface area contributed by atoms with E-state index in [0.29, 0.717) is 6.61 Å². The molecule has 0 atom stereocenters. The first-order valence-electron chi connectivity index (χ1n) is 5.17. The average molecular weight is 231 g/mol. The van der Waals surface area contributed by atoms with Gasteiger partial charge in [-0.3, -0.25) is 4.99 Å². The lowest BCUT2D eigenvalue weighted by molar-refractivity contribution is 0.340. The number of aliphatic imine (C=N–C) groups is 1. The van der Waals surface area contributed by atoms with Crippen LogP contribution in [-0.4, -0.2) is 12.8 Å². The summed E-state index contributed by atoms with van der Waals surface area (Å²) < 4.78 is 5.36. The Bertz CT molecular complexity index is 445. The molecule has 16 heavy (non-hydrogen) atoms. The third-order valence-corrected chi connectivity index (χ3v) is 2.76. The van der Waals surface area contributed by atoms with Crippen molar-refractivity contribution in [1.82, 2.24) is 0 Å². The van der Waals surface area contributed by atoms with Gasteiger partial charge in [-0.2, -0.15) is 11.3 Å². The normalized spacial score (nSPS) is 10.8. The van der Waals surface area contributed by atoms with Crippen LogP contribution in [0.5, 0.6) is 5.75 Å². The maximum atomic E-state index is 5.36. The minimum Gasteiger partial charge on any atom is -0.494 e. The van der Waals surface area contributed by atoms with Crippen molar-refractivity contribution < 1.29 is 4.74 Å². The molecule has 82 valence electrons. The molecule has 1 aromatic heterocycles. The van der Waals surface area contributed by atoms with Gasteiger partial charge in [0.1, 0.15) is 5.75 Å². The monoisotopic (exact) mass is 231 g/mol. The third-order valence-electron chi connectivity index (χ3n) is 2.05. The highest BCUT2D eigenvalue weighted by Gasteiger charge is 1.92. The largest absolute Gasteiger partial charge is 0.494 e. The molecule has 0 aliphatic carbocycles. The second-order valence-electron chi connectivity index (χ2n) is 3.24. The Balaban J connectivity index is 2.05. The topological polar surface area (TPSA) is 21.6 Å². The molecule has 3 heteroatoms. The van der Waals surface area contributed by atoms with E-state index in [1.807, 2.05) is 48.9 Å². The van der Waals surface area contributed by atoms with Crippen LogP contribution in [0.4, 0.5) is 5.69 Å². The standard InChI is InChI=1S/C13H13NOS/c1-2-15-13-5-3-12(4-6-13)14-9-11-7-8-16-10-11/h3-10H,2H2,1H3. The number of hydrogen-bond acceptors (Lipinski definition) is 3. The molecule has 0 bridgehead atoms. The Hall–Kier alpha value is -1.61. The molecule has 0 saturated carbocycles. The van der Waals surface area contributed by atoms with E-state index in [2.05, 4.69) is 10.4 Å². The molecule has 0 radical (unpaired) electrons. The Morgan fingerprint density at radius 1 is 1.25 bits per heavy atom. The van der Waals surface area contributed by atoms with Crippen molar-refractivity contribution in [3.8, 4) is 5.75 Å². The van der Waals surface area contributed by atoms with Crippen LogP contribution in [0, 0.1) is 0 Å². The summed E-state index contributed by atoms with van der Waals surface area (Å²) in [5.74, 6) is 0.886. The van der Waals surface area contributed by atoms with Gasteiger partial charge in [0, 0.05) is 11.8 Å². The molecule has 0 saturated heterocycles. The molecule has 0 fully saturated rings. The predicted molar refractivity (Wildman–Crippen MR) is 69.2 cm³/mol. The summed E-state index contributed by atoms with van der Waals surface area (Å²) in [4.78, 5) is 4.38. The van der Waals surface area contributed by atoms with Crippen molar-refractivity contribution in [2.75, 3.05) is 6.61 Å². The van der Waals surface area contributed by atoms with Crippen molar-refractivity contribution in [2.24, 2.45) is 4.99 Å². The highest BCUT2D eigenvalue weighted by molar-refractivity contribution is 7.08. The maximum Gasteiger partial charge on any atom is 0.119 e. The zero-order valence-corrected chi connectivity index (χ0v) is 9.91. The summed E-state index contributed by atoms with van der Waals surface area (Å²) in [7, 11) is 0. The smallest absolute Gasteiger partial charge is 0.119 e. The Kier molecular flexibility index (Phi) is 3.72. The van der Waals surface area contributed by atoms with E-state index in [0.717, 1.165) is 17.0 Å². The summed E-state index contributed by atoms with van der Waals surface area (Å²) in [6.45, 7) is 2.67.